The van der Waals surface area contributed by atoms with Gasteiger partial charge in [-0.2, -0.15) is 0 Å². The highest BCUT2D eigenvalue weighted by atomic mass is 35.5. The van der Waals surface area contributed by atoms with E-state index in [0.717, 1.165) is 5.56 Å². The van der Waals surface area contributed by atoms with Gasteiger partial charge in [-0.3, -0.25) is 14.9 Å². The van der Waals surface area contributed by atoms with Crippen LogP contribution in [-0.2, 0) is 4.79 Å². The average Bonchev–Trinajstić information content (AvgIpc) is 2.66. The number of nitro benzene ring substituents is 1. The maximum Gasteiger partial charge on any atom is 0.312 e. The molecule has 2 aromatic carbocycles. The molecule has 0 spiro atoms. The highest BCUT2D eigenvalue weighted by Gasteiger charge is 2.19. The standard InChI is InChI=1S/C18H19ClN2O6/c1-11(14-9-13(25-2)5-7-16(14)26-3)20-18(22)10-27-17-6-4-12(19)8-15(17)21(23)24/h4-9,11H,10H2,1-3H3,(H,20,22). The lowest BCUT2D eigenvalue weighted by Gasteiger charge is -2.18. The fraction of sp³-hybridized carbons (Fsp3) is 0.278. The van der Waals surface area contributed by atoms with Gasteiger partial charge in [-0.25, -0.2) is 0 Å². The Balaban J connectivity index is 2.05. The number of ether oxygens (including phenoxy) is 3. The first kappa shape index (κ1) is 20.3. The molecule has 0 aliphatic rings. The van der Waals surface area contributed by atoms with E-state index in [1.54, 1.807) is 32.2 Å². The second kappa shape index (κ2) is 9.09. The summed E-state index contributed by atoms with van der Waals surface area (Å²) in [6.45, 7) is 1.39. The Bertz CT molecular complexity index is 843. The summed E-state index contributed by atoms with van der Waals surface area (Å²) in [7, 11) is 3.07. The third-order valence-corrected chi connectivity index (χ3v) is 3.99. The van der Waals surface area contributed by atoms with Crippen LogP contribution in [-0.4, -0.2) is 31.7 Å². The molecule has 27 heavy (non-hydrogen) atoms. The molecule has 2 rings (SSSR count). The predicted octanol–water partition coefficient (Wildman–Crippen LogP) is 3.52. The molecule has 1 atom stereocenters. The lowest BCUT2D eigenvalue weighted by atomic mass is 10.1. The maximum absolute atomic E-state index is 12.2. The molecule has 144 valence electrons. The van der Waals surface area contributed by atoms with Crippen LogP contribution in [0.15, 0.2) is 36.4 Å². The fourth-order valence-electron chi connectivity index (χ4n) is 2.44. The Kier molecular flexibility index (Phi) is 6.84. The number of methoxy groups -OCH3 is 2. The monoisotopic (exact) mass is 394 g/mol. The second-order valence-corrected chi connectivity index (χ2v) is 5.99. The molecule has 1 amide bonds. The van der Waals surface area contributed by atoms with Crippen LogP contribution in [0, 0.1) is 10.1 Å². The topological polar surface area (TPSA) is 99.9 Å². The number of rotatable bonds is 8. The molecule has 8 nitrogen and oxygen atoms in total. The maximum atomic E-state index is 12.2. The second-order valence-electron chi connectivity index (χ2n) is 5.55. The largest absolute Gasteiger partial charge is 0.497 e. The van der Waals surface area contributed by atoms with Crippen molar-refractivity contribution in [3.63, 3.8) is 0 Å². The van der Waals surface area contributed by atoms with Crippen molar-refractivity contribution in [3.05, 3.63) is 57.1 Å². The van der Waals surface area contributed by atoms with Gasteiger partial charge in [0.1, 0.15) is 11.5 Å². The van der Waals surface area contributed by atoms with Crippen LogP contribution in [0.1, 0.15) is 18.5 Å². The van der Waals surface area contributed by atoms with E-state index in [4.69, 9.17) is 25.8 Å². The summed E-state index contributed by atoms with van der Waals surface area (Å²) in [6, 6.07) is 8.82. The molecule has 1 N–H and O–H groups in total. The fourth-order valence-corrected chi connectivity index (χ4v) is 2.60. The third-order valence-electron chi connectivity index (χ3n) is 3.76. The van der Waals surface area contributed by atoms with Gasteiger partial charge >= 0.3 is 5.69 Å². The lowest BCUT2D eigenvalue weighted by Crippen LogP contribution is -2.31. The molecule has 0 heterocycles. The first-order valence-electron chi connectivity index (χ1n) is 7.93. The molecule has 9 heteroatoms. The van der Waals surface area contributed by atoms with Gasteiger partial charge in [0.05, 0.1) is 25.2 Å². The zero-order valence-corrected chi connectivity index (χ0v) is 15.8. The zero-order valence-electron chi connectivity index (χ0n) is 15.0. The van der Waals surface area contributed by atoms with E-state index >= 15 is 0 Å². The van der Waals surface area contributed by atoms with Gasteiger partial charge in [-0.1, -0.05) is 11.6 Å². The number of amides is 1. The van der Waals surface area contributed by atoms with Crippen molar-refractivity contribution in [1.82, 2.24) is 5.32 Å². The normalized spacial score (nSPS) is 11.4. The molecule has 2 aromatic rings. The predicted molar refractivity (Wildman–Crippen MR) is 99.7 cm³/mol. The summed E-state index contributed by atoms with van der Waals surface area (Å²) in [6.07, 6.45) is 0. The summed E-state index contributed by atoms with van der Waals surface area (Å²) < 4.78 is 15.8. The summed E-state index contributed by atoms with van der Waals surface area (Å²) in [5.74, 6) is 0.737. The van der Waals surface area contributed by atoms with Crippen LogP contribution in [0.3, 0.4) is 0 Å². The molecule has 0 aromatic heterocycles. The van der Waals surface area contributed by atoms with Crippen molar-refractivity contribution in [3.8, 4) is 17.2 Å². The molecular weight excluding hydrogens is 376 g/mol. The Morgan fingerprint density at radius 2 is 1.89 bits per heavy atom. The molecule has 0 saturated heterocycles. The van der Waals surface area contributed by atoms with Crippen molar-refractivity contribution in [1.29, 1.82) is 0 Å². The van der Waals surface area contributed by atoms with Crippen LogP contribution >= 0.6 is 11.6 Å². The van der Waals surface area contributed by atoms with Crippen molar-refractivity contribution in [2.45, 2.75) is 13.0 Å². The van der Waals surface area contributed by atoms with Crippen LogP contribution in [0.25, 0.3) is 0 Å². The van der Waals surface area contributed by atoms with Crippen molar-refractivity contribution < 1.29 is 23.9 Å². The minimum absolute atomic E-state index is 0.0360. The molecule has 0 saturated carbocycles. The van der Waals surface area contributed by atoms with E-state index in [0.29, 0.717) is 11.5 Å². The van der Waals surface area contributed by atoms with Gasteiger partial charge in [0.2, 0.25) is 0 Å². The molecule has 0 bridgehead atoms. The number of nitrogens with one attached hydrogen (secondary N) is 1. The van der Waals surface area contributed by atoms with Crippen molar-refractivity contribution in [2.75, 3.05) is 20.8 Å². The molecule has 0 radical (unpaired) electrons. The summed E-state index contributed by atoms with van der Waals surface area (Å²) in [4.78, 5) is 22.6. The van der Waals surface area contributed by atoms with Crippen molar-refractivity contribution >= 4 is 23.2 Å². The highest BCUT2D eigenvalue weighted by molar-refractivity contribution is 6.30. The first-order valence-corrected chi connectivity index (χ1v) is 8.31. The highest BCUT2D eigenvalue weighted by Crippen LogP contribution is 2.31. The van der Waals surface area contributed by atoms with E-state index in [9.17, 15) is 14.9 Å². The molecule has 0 aliphatic carbocycles. The number of carbonyl (C=O) groups excluding carboxylic acids is 1. The summed E-state index contributed by atoms with van der Waals surface area (Å²) in [5, 5.41) is 14.0. The quantitative estimate of drug-likeness (QED) is 0.543. The van der Waals surface area contributed by atoms with Gasteiger partial charge in [0, 0.05) is 16.7 Å². The average molecular weight is 395 g/mol. The molecular formula is C18H19ClN2O6. The van der Waals surface area contributed by atoms with Crippen LogP contribution in [0.4, 0.5) is 5.69 Å². The zero-order chi connectivity index (χ0) is 20.0. The van der Waals surface area contributed by atoms with Gasteiger partial charge in [0.25, 0.3) is 5.91 Å². The number of halogens is 1. The van der Waals surface area contributed by atoms with E-state index < -0.39 is 16.9 Å². The smallest absolute Gasteiger partial charge is 0.312 e. The number of nitro groups is 1. The molecule has 0 aliphatic heterocycles. The molecule has 1 unspecified atom stereocenters. The van der Waals surface area contributed by atoms with Gasteiger partial charge in [-0.15, -0.1) is 0 Å². The Hall–Kier alpha value is -3.00. The van der Waals surface area contributed by atoms with Gasteiger partial charge in [-0.05, 0) is 37.3 Å². The number of hydrogen-bond acceptors (Lipinski definition) is 6. The number of carbonyl (C=O) groups is 1. The van der Waals surface area contributed by atoms with Crippen molar-refractivity contribution in [2.24, 2.45) is 0 Å². The number of hydrogen-bond donors (Lipinski definition) is 1. The molecule has 0 fully saturated rings. The SMILES string of the molecule is COc1ccc(OC)c(C(C)NC(=O)COc2ccc(Cl)cc2[N+](=O)[O-])c1. The third kappa shape index (κ3) is 5.24. The first-order chi connectivity index (χ1) is 12.8. The van der Waals surface area contributed by atoms with Crippen LogP contribution < -0.4 is 19.5 Å². The van der Waals surface area contributed by atoms with Crippen LogP contribution in [0.5, 0.6) is 17.2 Å². The number of benzene rings is 2. The van der Waals surface area contributed by atoms with Gasteiger partial charge in [0.15, 0.2) is 12.4 Å². The number of nitrogens with zero attached hydrogens (tertiary/aromatic N) is 1. The van der Waals surface area contributed by atoms with E-state index in [1.165, 1.54) is 25.3 Å². The minimum atomic E-state index is -0.622. The van der Waals surface area contributed by atoms with Gasteiger partial charge < -0.3 is 19.5 Å². The Morgan fingerprint density at radius 3 is 2.52 bits per heavy atom. The van der Waals surface area contributed by atoms with E-state index in [-0.39, 0.29) is 23.1 Å². The summed E-state index contributed by atoms with van der Waals surface area (Å²) in [5.41, 5.74) is 0.417. The van der Waals surface area contributed by atoms with E-state index in [1.807, 2.05) is 0 Å². The lowest BCUT2D eigenvalue weighted by molar-refractivity contribution is -0.385. The Labute approximate surface area is 161 Å². The van der Waals surface area contributed by atoms with Crippen LogP contribution in [0.2, 0.25) is 5.02 Å². The summed E-state index contributed by atoms with van der Waals surface area (Å²) >= 11 is 5.75. The Morgan fingerprint density at radius 1 is 1.19 bits per heavy atom. The van der Waals surface area contributed by atoms with E-state index in [2.05, 4.69) is 5.32 Å². The minimum Gasteiger partial charge on any atom is -0.497 e.